The van der Waals surface area contributed by atoms with E-state index in [-0.39, 0.29) is 18.1 Å². The van der Waals surface area contributed by atoms with Crippen molar-refractivity contribution >= 4 is 22.8 Å². The SMILES string of the molecule is C[C@H]1C2C(=O)c3ccc(Nc4ccc(NCCCO)cc4)cc3[C@]1(C)CCN2CC1CC1. The molecule has 3 N–H and O–H groups in total. The van der Waals surface area contributed by atoms with Crippen molar-refractivity contribution in [3.05, 3.63) is 53.6 Å². The Kier molecular flexibility index (Phi) is 5.72. The average Bonchev–Trinajstić information content (AvgIpc) is 3.61. The molecule has 3 atom stereocenters. The normalized spacial score (nSPS) is 27.2. The predicted molar refractivity (Wildman–Crippen MR) is 130 cm³/mol. The first-order valence-corrected chi connectivity index (χ1v) is 12.1. The molecular weight excluding hydrogens is 398 g/mol. The standard InChI is InChI=1S/C27H35N3O2/c1-18-25-26(32)23-11-10-22(29-21-8-6-20(7-9-21)28-13-3-15-31)16-24(23)27(18,2)12-14-30(25)17-19-4-5-19/h6-11,16,18-19,25,28-29,31H,3-5,12-15,17H2,1-2H3/t18-,25?,27+/m0/s1. The van der Waals surface area contributed by atoms with E-state index in [0.29, 0.717) is 11.7 Å². The second-order valence-electron chi connectivity index (χ2n) is 10.2. The second kappa shape index (κ2) is 8.53. The number of anilines is 3. The Morgan fingerprint density at radius 2 is 1.81 bits per heavy atom. The zero-order chi connectivity index (χ0) is 22.3. The molecule has 0 spiro atoms. The Balaban J connectivity index is 1.36. The second-order valence-corrected chi connectivity index (χ2v) is 10.2. The van der Waals surface area contributed by atoms with E-state index in [4.69, 9.17) is 5.11 Å². The van der Waals surface area contributed by atoms with Crippen LogP contribution in [0.3, 0.4) is 0 Å². The van der Waals surface area contributed by atoms with Crippen molar-refractivity contribution in [2.45, 2.75) is 51.0 Å². The van der Waals surface area contributed by atoms with Gasteiger partial charge >= 0.3 is 0 Å². The van der Waals surface area contributed by atoms with Gasteiger partial charge in [-0.15, -0.1) is 0 Å². The summed E-state index contributed by atoms with van der Waals surface area (Å²) in [5, 5.41) is 15.7. The van der Waals surface area contributed by atoms with E-state index in [1.165, 1.54) is 18.4 Å². The van der Waals surface area contributed by atoms with Crippen molar-refractivity contribution in [3.8, 4) is 0 Å². The van der Waals surface area contributed by atoms with Crippen molar-refractivity contribution < 1.29 is 9.90 Å². The maximum Gasteiger partial charge on any atom is 0.180 e. The molecule has 2 aromatic carbocycles. The molecule has 0 amide bonds. The molecule has 3 aliphatic rings. The number of fused-ring (bicyclic) bond motifs is 4. The van der Waals surface area contributed by atoms with Crippen LogP contribution in [-0.4, -0.2) is 48.1 Å². The highest BCUT2D eigenvalue weighted by Crippen LogP contribution is 2.50. The van der Waals surface area contributed by atoms with Gasteiger partial charge in [-0.2, -0.15) is 0 Å². The van der Waals surface area contributed by atoms with Gasteiger partial charge in [-0.1, -0.05) is 13.8 Å². The number of likely N-dealkylation sites (tertiary alicyclic amines) is 1. The van der Waals surface area contributed by atoms with Gasteiger partial charge in [-0.05, 0) is 97.5 Å². The van der Waals surface area contributed by atoms with Crippen LogP contribution in [0.1, 0.15) is 55.5 Å². The molecule has 1 saturated heterocycles. The number of aliphatic hydroxyl groups is 1. The number of nitrogens with one attached hydrogen (secondary N) is 2. The summed E-state index contributed by atoms with van der Waals surface area (Å²) in [5.74, 6) is 1.45. The molecule has 1 saturated carbocycles. The van der Waals surface area contributed by atoms with Crippen LogP contribution in [-0.2, 0) is 5.41 Å². The summed E-state index contributed by atoms with van der Waals surface area (Å²) in [6.07, 6.45) is 4.50. The van der Waals surface area contributed by atoms with Crippen molar-refractivity contribution in [2.24, 2.45) is 11.8 Å². The maximum atomic E-state index is 13.5. The Labute approximate surface area is 191 Å². The number of nitrogens with zero attached hydrogens (tertiary/aromatic N) is 1. The lowest BCUT2D eigenvalue weighted by molar-refractivity contribution is 0.0266. The van der Waals surface area contributed by atoms with Gasteiger partial charge in [0, 0.05) is 42.3 Å². The van der Waals surface area contributed by atoms with Crippen LogP contribution in [0.4, 0.5) is 17.1 Å². The number of carbonyl (C=O) groups excluding carboxylic acids is 1. The van der Waals surface area contributed by atoms with E-state index in [1.54, 1.807) is 0 Å². The molecule has 0 aromatic heterocycles. The Hall–Kier alpha value is -2.37. The lowest BCUT2D eigenvalue weighted by atomic mass is 9.58. The number of hydrogen-bond acceptors (Lipinski definition) is 5. The summed E-state index contributed by atoms with van der Waals surface area (Å²) in [6.45, 7) is 7.72. The Bertz CT molecular complexity index is 985. The van der Waals surface area contributed by atoms with E-state index in [9.17, 15) is 4.79 Å². The van der Waals surface area contributed by atoms with Gasteiger partial charge < -0.3 is 15.7 Å². The fourth-order valence-corrected chi connectivity index (χ4v) is 5.64. The van der Waals surface area contributed by atoms with Crippen molar-refractivity contribution in [1.82, 2.24) is 4.90 Å². The third-order valence-electron chi connectivity index (χ3n) is 7.99. The zero-order valence-electron chi connectivity index (χ0n) is 19.2. The molecule has 1 heterocycles. The van der Waals surface area contributed by atoms with Gasteiger partial charge in [0.25, 0.3) is 0 Å². The smallest absolute Gasteiger partial charge is 0.180 e. The number of carbonyl (C=O) groups is 1. The first-order valence-electron chi connectivity index (χ1n) is 12.1. The third kappa shape index (κ3) is 3.93. The quantitative estimate of drug-likeness (QED) is 0.522. The highest BCUT2D eigenvalue weighted by molar-refractivity contribution is 6.04. The number of Topliss-reactive ketones (excluding diaryl/α,β-unsaturated/α-hetero) is 1. The van der Waals surface area contributed by atoms with Gasteiger partial charge in [-0.3, -0.25) is 9.69 Å². The monoisotopic (exact) mass is 433 g/mol. The summed E-state index contributed by atoms with van der Waals surface area (Å²) >= 11 is 0. The van der Waals surface area contributed by atoms with Gasteiger partial charge in [0.2, 0.25) is 0 Å². The molecule has 5 heteroatoms. The fraction of sp³-hybridized carbons (Fsp3) is 0.519. The van der Waals surface area contributed by atoms with E-state index in [0.717, 1.165) is 61.0 Å². The molecule has 0 radical (unpaired) electrons. The summed E-state index contributed by atoms with van der Waals surface area (Å²) < 4.78 is 0. The van der Waals surface area contributed by atoms with Crippen LogP contribution in [0, 0.1) is 11.8 Å². The average molecular weight is 434 g/mol. The number of piperidine rings is 1. The van der Waals surface area contributed by atoms with Crippen LogP contribution in [0.25, 0.3) is 0 Å². The number of aliphatic hydroxyl groups excluding tert-OH is 1. The largest absolute Gasteiger partial charge is 0.396 e. The lowest BCUT2D eigenvalue weighted by Gasteiger charge is -2.53. The van der Waals surface area contributed by atoms with Crippen LogP contribution in [0.2, 0.25) is 0 Å². The molecule has 5 rings (SSSR count). The van der Waals surface area contributed by atoms with Crippen LogP contribution >= 0.6 is 0 Å². The minimum absolute atomic E-state index is 0.0338. The minimum atomic E-state index is 0.0338. The van der Waals surface area contributed by atoms with Gasteiger partial charge in [0.1, 0.15) is 0 Å². The fourth-order valence-electron chi connectivity index (χ4n) is 5.64. The molecule has 2 bridgehead atoms. The van der Waals surface area contributed by atoms with E-state index in [1.807, 2.05) is 24.3 Å². The van der Waals surface area contributed by atoms with Gasteiger partial charge in [0.05, 0.1) is 6.04 Å². The minimum Gasteiger partial charge on any atom is -0.396 e. The summed E-state index contributed by atoms with van der Waals surface area (Å²) in [5.41, 5.74) is 5.27. The summed E-state index contributed by atoms with van der Waals surface area (Å²) in [4.78, 5) is 16.0. The maximum absolute atomic E-state index is 13.5. The molecule has 2 aromatic rings. The Morgan fingerprint density at radius 1 is 1.09 bits per heavy atom. The zero-order valence-corrected chi connectivity index (χ0v) is 19.2. The topological polar surface area (TPSA) is 64.6 Å². The van der Waals surface area contributed by atoms with E-state index < -0.39 is 0 Å². The molecule has 2 fully saturated rings. The first-order chi connectivity index (χ1) is 15.5. The molecule has 1 unspecified atom stereocenters. The number of ketones is 1. The van der Waals surface area contributed by atoms with Gasteiger partial charge in [-0.25, -0.2) is 0 Å². The summed E-state index contributed by atoms with van der Waals surface area (Å²) in [7, 11) is 0. The lowest BCUT2D eigenvalue weighted by Crippen LogP contribution is -2.61. The number of benzene rings is 2. The van der Waals surface area contributed by atoms with Crippen molar-refractivity contribution in [2.75, 3.05) is 36.9 Å². The third-order valence-corrected chi connectivity index (χ3v) is 7.99. The van der Waals surface area contributed by atoms with Crippen LogP contribution < -0.4 is 10.6 Å². The number of rotatable bonds is 8. The molecule has 1 aliphatic heterocycles. The van der Waals surface area contributed by atoms with Crippen molar-refractivity contribution in [1.29, 1.82) is 0 Å². The predicted octanol–water partition coefficient (Wildman–Crippen LogP) is 4.80. The first kappa shape index (κ1) is 21.5. The van der Waals surface area contributed by atoms with E-state index in [2.05, 4.69) is 47.6 Å². The van der Waals surface area contributed by atoms with Crippen molar-refractivity contribution in [3.63, 3.8) is 0 Å². The molecule has 32 heavy (non-hydrogen) atoms. The van der Waals surface area contributed by atoms with Crippen LogP contribution in [0.5, 0.6) is 0 Å². The molecule has 2 aliphatic carbocycles. The van der Waals surface area contributed by atoms with Crippen LogP contribution in [0.15, 0.2) is 42.5 Å². The number of hydrogen-bond donors (Lipinski definition) is 3. The molecule has 170 valence electrons. The molecule has 5 nitrogen and oxygen atoms in total. The highest BCUT2D eigenvalue weighted by Gasteiger charge is 2.52. The molecular formula is C27H35N3O2. The van der Waals surface area contributed by atoms with E-state index >= 15 is 0 Å². The summed E-state index contributed by atoms with van der Waals surface area (Å²) in [6, 6.07) is 14.5. The Morgan fingerprint density at radius 3 is 2.53 bits per heavy atom. The van der Waals surface area contributed by atoms with Gasteiger partial charge in [0.15, 0.2) is 5.78 Å². The highest BCUT2D eigenvalue weighted by atomic mass is 16.3.